The molecule has 1 aromatic heterocycles. The Bertz CT molecular complexity index is 835. The number of rotatable bonds is 4. The third-order valence-electron chi connectivity index (χ3n) is 7.61. The number of anilines is 1. The van der Waals surface area contributed by atoms with Crippen molar-refractivity contribution < 1.29 is 4.74 Å². The van der Waals surface area contributed by atoms with Gasteiger partial charge in [0, 0.05) is 30.2 Å². The van der Waals surface area contributed by atoms with Crippen molar-refractivity contribution in [2.45, 2.75) is 51.0 Å². The zero-order valence-corrected chi connectivity index (χ0v) is 17.8. The Morgan fingerprint density at radius 3 is 2.55 bits per heavy atom. The van der Waals surface area contributed by atoms with E-state index in [4.69, 9.17) is 4.74 Å². The van der Waals surface area contributed by atoms with Crippen molar-refractivity contribution in [2.75, 3.05) is 38.2 Å². The number of ether oxygens (including phenoxy) is 1. The predicted octanol–water partition coefficient (Wildman–Crippen LogP) is 4.64. The highest BCUT2D eigenvalue weighted by Gasteiger charge is 2.49. The van der Waals surface area contributed by atoms with E-state index in [0.717, 1.165) is 17.5 Å². The quantitative estimate of drug-likeness (QED) is 0.759. The number of pyridine rings is 1. The summed E-state index contributed by atoms with van der Waals surface area (Å²) in [4.78, 5) is 9.78. The number of aryl methyl sites for hydroxylation is 1. The van der Waals surface area contributed by atoms with Gasteiger partial charge < -0.3 is 14.5 Å². The molecule has 3 fully saturated rings. The number of hydrogen-bond acceptors (Lipinski definition) is 4. The second kappa shape index (κ2) is 7.64. The molecule has 0 amide bonds. The van der Waals surface area contributed by atoms with E-state index in [0.29, 0.717) is 11.3 Å². The van der Waals surface area contributed by atoms with Crippen molar-refractivity contribution in [3.63, 3.8) is 0 Å². The van der Waals surface area contributed by atoms with E-state index < -0.39 is 0 Å². The van der Waals surface area contributed by atoms with Gasteiger partial charge in [0.15, 0.2) is 0 Å². The van der Waals surface area contributed by atoms with E-state index in [1.807, 2.05) is 6.20 Å². The molecule has 0 radical (unpaired) electrons. The Kier molecular flexibility index (Phi) is 4.99. The van der Waals surface area contributed by atoms with E-state index >= 15 is 0 Å². The molecule has 154 valence electrons. The third-order valence-corrected chi connectivity index (χ3v) is 7.61. The largest absolute Gasteiger partial charge is 0.496 e. The van der Waals surface area contributed by atoms with Gasteiger partial charge in [-0.2, -0.15) is 0 Å². The Balaban J connectivity index is 1.15. The molecule has 1 saturated carbocycles. The lowest BCUT2D eigenvalue weighted by molar-refractivity contribution is 0.131. The maximum Gasteiger partial charge on any atom is 0.122 e. The summed E-state index contributed by atoms with van der Waals surface area (Å²) >= 11 is 0. The van der Waals surface area contributed by atoms with Gasteiger partial charge >= 0.3 is 0 Å². The first-order chi connectivity index (χ1) is 14.2. The molecule has 1 aliphatic carbocycles. The highest BCUT2D eigenvalue weighted by molar-refractivity contribution is 5.48. The van der Waals surface area contributed by atoms with Crippen LogP contribution in [0.2, 0.25) is 0 Å². The van der Waals surface area contributed by atoms with Crippen molar-refractivity contribution in [1.29, 1.82) is 0 Å². The van der Waals surface area contributed by atoms with Crippen molar-refractivity contribution in [2.24, 2.45) is 5.41 Å². The minimum atomic E-state index is 0.551. The molecule has 2 aliphatic heterocycles. The van der Waals surface area contributed by atoms with Crippen LogP contribution >= 0.6 is 0 Å². The van der Waals surface area contributed by atoms with Gasteiger partial charge in [0.25, 0.3) is 0 Å². The summed E-state index contributed by atoms with van der Waals surface area (Å²) in [6, 6.07) is 13.7. The monoisotopic (exact) mass is 391 g/mol. The normalized spacial score (nSPS) is 24.6. The number of para-hydroxylation sites is 1. The summed E-state index contributed by atoms with van der Waals surface area (Å²) in [6.07, 6.45) is 8.69. The molecule has 29 heavy (non-hydrogen) atoms. The van der Waals surface area contributed by atoms with Crippen LogP contribution in [0.15, 0.2) is 42.6 Å². The fourth-order valence-electron chi connectivity index (χ4n) is 5.95. The first kappa shape index (κ1) is 18.9. The highest BCUT2D eigenvalue weighted by atomic mass is 16.5. The molecular formula is C25H33N3O. The van der Waals surface area contributed by atoms with Gasteiger partial charge in [0.2, 0.25) is 0 Å². The molecule has 4 nitrogen and oxygen atoms in total. The average Bonchev–Trinajstić information content (AvgIpc) is 3.19. The molecular weight excluding hydrogens is 358 g/mol. The average molecular weight is 392 g/mol. The molecule has 3 heterocycles. The number of benzene rings is 1. The fraction of sp³-hybridized carbons (Fsp3) is 0.560. The minimum Gasteiger partial charge on any atom is -0.496 e. The summed E-state index contributed by atoms with van der Waals surface area (Å²) < 4.78 is 5.60. The molecule has 3 aliphatic rings. The van der Waals surface area contributed by atoms with Gasteiger partial charge in [0.05, 0.1) is 19.0 Å². The van der Waals surface area contributed by atoms with Crippen molar-refractivity contribution >= 4 is 5.69 Å². The molecule has 2 saturated heterocycles. The summed E-state index contributed by atoms with van der Waals surface area (Å²) in [7, 11) is 1.79. The summed E-state index contributed by atoms with van der Waals surface area (Å²) in [5.41, 5.74) is 4.34. The Morgan fingerprint density at radius 1 is 1.03 bits per heavy atom. The molecule has 1 aromatic carbocycles. The van der Waals surface area contributed by atoms with E-state index in [2.05, 4.69) is 58.1 Å². The van der Waals surface area contributed by atoms with Gasteiger partial charge in [-0.15, -0.1) is 0 Å². The molecule has 5 rings (SSSR count). The predicted molar refractivity (Wildman–Crippen MR) is 118 cm³/mol. The smallest absolute Gasteiger partial charge is 0.122 e. The fourth-order valence-corrected chi connectivity index (χ4v) is 5.95. The van der Waals surface area contributed by atoms with E-state index in [1.54, 1.807) is 7.11 Å². The first-order valence-electron chi connectivity index (χ1n) is 11.2. The standard InChI is InChI=1S/C25H33N3O/c1-19-7-8-22(16-26-19)28-17-25(18-28)12-9-21(15-25)27-13-10-20(11-14-27)23-5-3-4-6-24(23)29-2/h3-8,16,20-21H,9-15,17-18H2,1-2H3. The SMILES string of the molecule is COc1ccccc1C1CCN(C2CCC3(C2)CN(c2ccc(C)nc2)C3)CC1. The van der Waals surface area contributed by atoms with Crippen LogP contribution in [0.5, 0.6) is 5.75 Å². The van der Waals surface area contributed by atoms with Crippen molar-refractivity contribution in [3.05, 3.63) is 53.9 Å². The molecule has 2 aromatic rings. The number of piperidine rings is 1. The molecule has 0 bridgehead atoms. The van der Waals surface area contributed by atoms with Crippen LogP contribution < -0.4 is 9.64 Å². The maximum atomic E-state index is 5.60. The number of methoxy groups -OCH3 is 1. The topological polar surface area (TPSA) is 28.6 Å². The summed E-state index contributed by atoms with van der Waals surface area (Å²) in [6.45, 7) is 6.95. The zero-order chi connectivity index (χ0) is 19.8. The van der Waals surface area contributed by atoms with Gasteiger partial charge in [0.1, 0.15) is 5.75 Å². The van der Waals surface area contributed by atoms with Gasteiger partial charge in [-0.05, 0) is 81.8 Å². The van der Waals surface area contributed by atoms with E-state index in [1.165, 1.54) is 69.5 Å². The van der Waals surface area contributed by atoms with Gasteiger partial charge in [-0.1, -0.05) is 18.2 Å². The van der Waals surface area contributed by atoms with Crippen LogP contribution in [0.25, 0.3) is 0 Å². The third kappa shape index (κ3) is 3.63. The zero-order valence-electron chi connectivity index (χ0n) is 17.8. The second-order valence-electron chi connectivity index (χ2n) is 9.46. The summed E-state index contributed by atoms with van der Waals surface area (Å²) in [5, 5.41) is 0. The van der Waals surface area contributed by atoms with Crippen molar-refractivity contribution in [3.8, 4) is 5.75 Å². The highest BCUT2D eigenvalue weighted by Crippen LogP contribution is 2.49. The number of nitrogens with zero attached hydrogens (tertiary/aromatic N) is 3. The number of hydrogen-bond donors (Lipinski definition) is 0. The van der Waals surface area contributed by atoms with Gasteiger partial charge in [-0.25, -0.2) is 0 Å². The Labute approximate surface area is 174 Å². The molecule has 1 unspecified atom stereocenters. The maximum absolute atomic E-state index is 5.60. The lowest BCUT2D eigenvalue weighted by atomic mass is 9.77. The first-order valence-corrected chi connectivity index (χ1v) is 11.2. The molecule has 4 heteroatoms. The van der Waals surface area contributed by atoms with Crippen LogP contribution in [0.3, 0.4) is 0 Å². The van der Waals surface area contributed by atoms with Crippen LogP contribution in [0.4, 0.5) is 5.69 Å². The molecule has 0 N–H and O–H groups in total. The summed E-state index contributed by atoms with van der Waals surface area (Å²) in [5.74, 6) is 1.71. The van der Waals surface area contributed by atoms with Crippen LogP contribution in [-0.4, -0.2) is 49.2 Å². The van der Waals surface area contributed by atoms with Crippen LogP contribution in [0.1, 0.15) is 49.3 Å². The second-order valence-corrected chi connectivity index (χ2v) is 9.46. The molecule has 1 spiro atoms. The lowest BCUT2D eigenvalue weighted by Gasteiger charge is -2.50. The van der Waals surface area contributed by atoms with Crippen molar-refractivity contribution in [1.82, 2.24) is 9.88 Å². The van der Waals surface area contributed by atoms with Crippen LogP contribution in [0, 0.1) is 12.3 Å². The van der Waals surface area contributed by atoms with E-state index in [-0.39, 0.29) is 0 Å². The number of aromatic nitrogens is 1. The molecule has 1 atom stereocenters. The Morgan fingerprint density at radius 2 is 1.83 bits per heavy atom. The van der Waals surface area contributed by atoms with Gasteiger partial charge in [-0.3, -0.25) is 4.98 Å². The number of likely N-dealkylation sites (tertiary alicyclic amines) is 1. The Hall–Kier alpha value is -2.07. The minimum absolute atomic E-state index is 0.551. The van der Waals surface area contributed by atoms with Crippen LogP contribution in [-0.2, 0) is 0 Å². The lowest BCUT2D eigenvalue weighted by Crippen LogP contribution is -2.56. The van der Waals surface area contributed by atoms with E-state index in [9.17, 15) is 0 Å².